The molecule has 0 aliphatic carbocycles. The van der Waals surface area contributed by atoms with Crippen molar-refractivity contribution in [3.05, 3.63) is 53.6 Å². The van der Waals surface area contributed by atoms with Crippen LogP contribution >= 0.6 is 0 Å². The number of ether oxygens (including phenoxy) is 4. The Labute approximate surface area is 187 Å². The minimum atomic E-state index is 0.0460. The zero-order chi connectivity index (χ0) is 22.3. The second-order valence-electron chi connectivity index (χ2n) is 8.70. The lowest BCUT2D eigenvalue weighted by atomic mass is 9.68. The van der Waals surface area contributed by atoms with Gasteiger partial charge in [-0.1, -0.05) is 38.1 Å². The summed E-state index contributed by atoms with van der Waals surface area (Å²) in [6.07, 6.45) is 3.33. The standard InChI is InChI=1S/C26H37NO4/c1-19(2)25-17-26(13-15-31-25,21-8-6-7-9-22(21)28-3)12-14-27-18-20-10-11-23(29-4)24(16-20)30-5/h6-11,16,19,25,27H,12-15,17-18H2,1-5H3/t25-,26+/m1/s1. The molecule has 3 rings (SSSR count). The number of nitrogens with one attached hydrogen (secondary N) is 1. The predicted octanol–water partition coefficient (Wildman–Crippen LogP) is 4.97. The van der Waals surface area contributed by atoms with Crippen LogP contribution in [-0.4, -0.2) is 40.6 Å². The summed E-state index contributed by atoms with van der Waals surface area (Å²) >= 11 is 0. The lowest BCUT2D eigenvalue weighted by Gasteiger charge is -2.43. The molecular weight excluding hydrogens is 390 g/mol. The first kappa shape index (κ1) is 23.4. The van der Waals surface area contributed by atoms with Crippen molar-refractivity contribution in [2.24, 2.45) is 5.92 Å². The minimum absolute atomic E-state index is 0.0460. The van der Waals surface area contributed by atoms with Crippen molar-refractivity contribution in [2.45, 2.75) is 51.2 Å². The van der Waals surface area contributed by atoms with Gasteiger partial charge in [0.2, 0.25) is 0 Å². The summed E-state index contributed by atoms with van der Waals surface area (Å²) in [6.45, 7) is 6.98. The van der Waals surface area contributed by atoms with Gasteiger partial charge < -0.3 is 24.3 Å². The van der Waals surface area contributed by atoms with Crippen LogP contribution in [0, 0.1) is 5.92 Å². The van der Waals surface area contributed by atoms with Gasteiger partial charge in [0.25, 0.3) is 0 Å². The summed E-state index contributed by atoms with van der Waals surface area (Å²) in [5.74, 6) is 2.99. The van der Waals surface area contributed by atoms with Crippen LogP contribution in [0.2, 0.25) is 0 Å². The summed E-state index contributed by atoms with van der Waals surface area (Å²) in [5, 5.41) is 3.64. The monoisotopic (exact) mass is 427 g/mol. The number of hydrogen-bond acceptors (Lipinski definition) is 5. The van der Waals surface area contributed by atoms with E-state index in [1.54, 1.807) is 21.3 Å². The molecule has 2 aromatic rings. The quantitative estimate of drug-likeness (QED) is 0.543. The first-order valence-corrected chi connectivity index (χ1v) is 11.2. The lowest BCUT2D eigenvalue weighted by Crippen LogP contribution is -2.42. The Morgan fingerprint density at radius 1 is 1.00 bits per heavy atom. The first-order valence-electron chi connectivity index (χ1n) is 11.2. The fraction of sp³-hybridized carbons (Fsp3) is 0.538. The third kappa shape index (κ3) is 5.52. The molecule has 1 saturated heterocycles. The van der Waals surface area contributed by atoms with Gasteiger partial charge >= 0.3 is 0 Å². The van der Waals surface area contributed by atoms with Crippen LogP contribution in [0.5, 0.6) is 17.2 Å². The molecule has 0 saturated carbocycles. The molecule has 31 heavy (non-hydrogen) atoms. The number of hydrogen-bond donors (Lipinski definition) is 1. The summed E-state index contributed by atoms with van der Waals surface area (Å²) in [6, 6.07) is 14.5. The van der Waals surface area contributed by atoms with Gasteiger partial charge in [-0.3, -0.25) is 0 Å². The molecule has 1 fully saturated rings. The fourth-order valence-electron chi connectivity index (χ4n) is 4.62. The molecule has 0 unspecified atom stereocenters. The Balaban J connectivity index is 1.73. The largest absolute Gasteiger partial charge is 0.496 e. The lowest BCUT2D eigenvalue weighted by molar-refractivity contribution is -0.0473. The molecule has 1 N–H and O–H groups in total. The molecule has 0 amide bonds. The van der Waals surface area contributed by atoms with Crippen LogP contribution in [0.1, 0.15) is 44.2 Å². The van der Waals surface area contributed by atoms with Crippen molar-refractivity contribution in [3.63, 3.8) is 0 Å². The number of methoxy groups -OCH3 is 3. The van der Waals surface area contributed by atoms with Crippen molar-refractivity contribution >= 4 is 0 Å². The zero-order valence-corrected chi connectivity index (χ0v) is 19.6. The van der Waals surface area contributed by atoms with Crippen LogP contribution in [0.25, 0.3) is 0 Å². The Morgan fingerprint density at radius 3 is 2.45 bits per heavy atom. The summed E-state index contributed by atoms with van der Waals surface area (Å²) in [5.41, 5.74) is 2.53. The molecule has 5 nitrogen and oxygen atoms in total. The molecule has 0 aromatic heterocycles. The van der Waals surface area contributed by atoms with E-state index >= 15 is 0 Å². The van der Waals surface area contributed by atoms with E-state index in [9.17, 15) is 0 Å². The van der Waals surface area contributed by atoms with E-state index in [1.165, 1.54) is 11.1 Å². The molecule has 1 heterocycles. The van der Waals surface area contributed by atoms with E-state index < -0.39 is 0 Å². The average Bonchev–Trinajstić information content (AvgIpc) is 2.81. The average molecular weight is 428 g/mol. The van der Waals surface area contributed by atoms with Crippen molar-refractivity contribution in [3.8, 4) is 17.2 Å². The second-order valence-corrected chi connectivity index (χ2v) is 8.70. The van der Waals surface area contributed by atoms with Gasteiger partial charge in [-0.05, 0) is 55.5 Å². The van der Waals surface area contributed by atoms with Crippen LogP contribution in [0.4, 0.5) is 0 Å². The molecule has 0 radical (unpaired) electrons. The van der Waals surface area contributed by atoms with Gasteiger partial charge in [-0.15, -0.1) is 0 Å². The second kappa shape index (κ2) is 10.9. The summed E-state index contributed by atoms with van der Waals surface area (Å²) < 4.78 is 22.7. The van der Waals surface area contributed by atoms with Gasteiger partial charge in [0.05, 0.1) is 27.4 Å². The van der Waals surface area contributed by atoms with Gasteiger partial charge in [0.15, 0.2) is 11.5 Å². The van der Waals surface area contributed by atoms with Crippen LogP contribution in [0.15, 0.2) is 42.5 Å². The van der Waals surface area contributed by atoms with E-state index in [0.717, 1.165) is 56.2 Å². The van der Waals surface area contributed by atoms with Gasteiger partial charge in [-0.2, -0.15) is 0 Å². The molecule has 2 aromatic carbocycles. The highest BCUT2D eigenvalue weighted by Gasteiger charge is 2.40. The van der Waals surface area contributed by atoms with Gasteiger partial charge in [-0.25, -0.2) is 0 Å². The Bertz CT molecular complexity index is 838. The van der Waals surface area contributed by atoms with Crippen molar-refractivity contribution in [2.75, 3.05) is 34.5 Å². The van der Waals surface area contributed by atoms with Crippen LogP contribution in [0.3, 0.4) is 0 Å². The maximum Gasteiger partial charge on any atom is 0.161 e. The van der Waals surface area contributed by atoms with Crippen molar-refractivity contribution in [1.82, 2.24) is 5.32 Å². The molecule has 0 bridgehead atoms. The van der Waals surface area contributed by atoms with E-state index in [1.807, 2.05) is 18.2 Å². The third-order valence-corrected chi connectivity index (χ3v) is 6.48. The summed E-state index contributed by atoms with van der Waals surface area (Å²) in [7, 11) is 5.09. The normalized spacial score (nSPS) is 21.2. The molecule has 1 aliphatic rings. The maximum atomic E-state index is 6.13. The highest BCUT2D eigenvalue weighted by Crippen LogP contribution is 2.45. The van der Waals surface area contributed by atoms with E-state index in [2.05, 4.69) is 43.4 Å². The maximum absolute atomic E-state index is 6.13. The van der Waals surface area contributed by atoms with E-state index in [0.29, 0.717) is 5.92 Å². The predicted molar refractivity (Wildman–Crippen MR) is 124 cm³/mol. The van der Waals surface area contributed by atoms with Crippen molar-refractivity contribution < 1.29 is 18.9 Å². The number of rotatable bonds is 10. The first-order chi connectivity index (χ1) is 15.0. The molecule has 2 atom stereocenters. The van der Waals surface area contributed by atoms with E-state index in [4.69, 9.17) is 18.9 Å². The Kier molecular flexibility index (Phi) is 8.22. The van der Waals surface area contributed by atoms with Gasteiger partial charge in [0, 0.05) is 24.1 Å². The van der Waals surface area contributed by atoms with E-state index in [-0.39, 0.29) is 11.5 Å². The molecule has 5 heteroatoms. The molecule has 1 aliphatic heterocycles. The number of benzene rings is 2. The highest BCUT2D eigenvalue weighted by atomic mass is 16.5. The third-order valence-electron chi connectivity index (χ3n) is 6.48. The Morgan fingerprint density at radius 2 is 1.74 bits per heavy atom. The Hall–Kier alpha value is -2.24. The summed E-state index contributed by atoms with van der Waals surface area (Å²) in [4.78, 5) is 0. The molecule has 170 valence electrons. The van der Waals surface area contributed by atoms with Crippen LogP contribution < -0.4 is 19.5 Å². The zero-order valence-electron chi connectivity index (χ0n) is 19.6. The SMILES string of the molecule is COc1ccc(CNCC[C@]2(c3ccccc3OC)CCO[C@@H](C(C)C)C2)cc1OC. The van der Waals surface area contributed by atoms with Crippen molar-refractivity contribution in [1.29, 1.82) is 0 Å². The van der Waals surface area contributed by atoms with Gasteiger partial charge in [0.1, 0.15) is 5.75 Å². The molecular formula is C26H37NO4. The molecule has 0 spiro atoms. The van der Waals surface area contributed by atoms with Crippen LogP contribution in [-0.2, 0) is 16.7 Å². The smallest absolute Gasteiger partial charge is 0.161 e. The number of para-hydroxylation sites is 1. The fourth-order valence-corrected chi connectivity index (χ4v) is 4.62. The minimum Gasteiger partial charge on any atom is -0.496 e. The highest BCUT2D eigenvalue weighted by molar-refractivity contribution is 5.43. The topological polar surface area (TPSA) is 49.0 Å².